The van der Waals surface area contributed by atoms with Crippen molar-refractivity contribution in [3.63, 3.8) is 0 Å². The number of hydrogen-bond donors (Lipinski definition) is 0. The van der Waals surface area contributed by atoms with Gasteiger partial charge in [0.05, 0.1) is 27.8 Å². The Morgan fingerprint density at radius 2 is 0.641 bits per heavy atom. The number of para-hydroxylation sites is 4. The highest BCUT2D eigenvalue weighted by molar-refractivity contribution is 6.27. The molecule has 0 atom stereocenters. The lowest BCUT2D eigenvalue weighted by Gasteiger charge is -2.33. The van der Waals surface area contributed by atoms with Gasteiger partial charge >= 0.3 is 0 Å². The zero-order valence-corrected chi connectivity index (χ0v) is 78.2. The normalized spacial score (nSPS) is 12.7. The molecular formula is C129H89N11O2. The van der Waals surface area contributed by atoms with Crippen LogP contribution in [0.25, 0.3) is 207 Å². The Kier molecular flexibility index (Phi) is 21.3. The number of ether oxygens (including phenoxy) is 1. The second-order valence-electron chi connectivity index (χ2n) is 37.1. The van der Waals surface area contributed by atoms with Crippen molar-refractivity contribution in [2.24, 2.45) is 0 Å². The van der Waals surface area contributed by atoms with E-state index in [0.29, 0.717) is 40.8 Å². The number of hydrogen-bond acceptors (Lipinski definition) is 12. The first-order chi connectivity index (χ1) is 69.9. The fourth-order valence-corrected chi connectivity index (χ4v) is 20.7. The molecule has 672 valence electrons. The highest BCUT2D eigenvalue weighted by atomic mass is 16.5. The maximum absolute atomic E-state index is 6.49. The van der Waals surface area contributed by atoms with E-state index in [4.69, 9.17) is 49.1 Å². The molecule has 6 heterocycles. The second kappa shape index (κ2) is 35.5. The highest BCUT2D eigenvalue weighted by Crippen LogP contribution is 2.58. The summed E-state index contributed by atoms with van der Waals surface area (Å²) < 4.78 is 15.2. The minimum absolute atomic E-state index is 0.0289. The van der Waals surface area contributed by atoms with Gasteiger partial charge in [0.1, 0.15) is 22.6 Å². The Bertz CT molecular complexity index is 8860. The summed E-state index contributed by atoms with van der Waals surface area (Å²) in [6, 6.07) is 162. The molecule has 0 radical (unpaired) electrons. The van der Waals surface area contributed by atoms with Crippen molar-refractivity contribution in [3.05, 3.63) is 489 Å². The Morgan fingerprint density at radius 3 is 1.25 bits per heavy atom. The molecule has 0 fully saturated rings. The molecule has 13 nitrogen and oxygen atoms in total. The van der Waals surface area contributed by atoms with Gasteiger partial charge in [-0.2, -0.15) is 0 Å². The molecule has 0 N–H and O–H groups in total. The lowest BCUT2D eigenvalue weighted by Crippen LogP contribution is -2.17. The van der Waals surface area contributed by atoms with Gasteiger partial charge in [-0.15, -0.1) is 10.2 Å². The largest absolute Gasteiger partial charge is 0.456 e. The summed E-state index contributed by atoms with van der Waals surface area (Å²) in [4.78, 5) is 36.9. The second-order valence-corrected chi connectivity index (χ2v) is 37.1. The van der Waals surface area contributed by atoms with Gasteiger partial charge in [-0.1, -0.05) is 398 Å². The van der Waals surface area contributed by atoms with Gasteiger partial charge in [-0.05, 0) is 175 Å². The first-order valence-corrected chi connectivity index (χ1v) is 48.0. The number of nitrogens with zero attached hydrogens (tertiary/aromatic N) is 11. The first kappa shape index (κ1) is 85.1. The van der Waals surface area contributed by atoms with Gasteiger partial charge in [0.2, 0.25) is 0 Å². The predicted molar refractivity (Wildman–Crippen MR) is 576 cm³/mol. The van der Waals surface area contributed by atoms with E-state index in [2.05, 4.69) is 303 Å². The molecule has 0 saturated heterocycles. The molecule has 5 aromatic heterocycles. The number of furan rings is 1. The van der Waals surface area contributed by atoms with Gasteiger partial charge < -0.3 is 18.6 Å². The monoisotopic (exact) mass is 1820 g/mol. The van der Waals surface area contributed by atoms with Gasteiger partial charge in [0.15, 0.2) is 52.3 Å². The van der Waals surface area contributed by atoms with Crippen molar-refractivity contribution in [1.29, 1.82) is 0 Å². The third-order valence-corrected chi connectivity index (χ3v) is 27.8. The number of aromatic nitrogens is 10. The van der Waals surface area contributed by atoms with Crippen LogP contribution in [0, 0.1) is 0 Å². The number of anilines is 3. The van der Waals surface area contributed by atoms with Crippen molar-refractivity contribution in [2.45, 2.75) is 38.5 Å². The van der Waals surface area contributed by atoms with Crippen LogP contribution in [-0.4, -0.2) is 49.7 Å². The highest BCUT2D eigenvalue weighted by Gasteiger charge is 2.42. The smallest absolute Gasteiger partial charge is 0.182 e. The summed E-state index contributed by atoms with van der Waals surface area (Å²) >= 11 is 0. The van der Waals surface area contributed by atoms with E-state index in [1.54, 1.807) is 0 Å². The van der Waals surface area contributed by atoms with Crippen LogP contribution in [0.15, 0.2) is 472 Å². The molecular weight excluding hydrogens is 1740 g/mol. The molecule has 0 bridgehead atoms. The lowest BCUT2D eigenvalue weighted by atomic mass is 9.79. The third kappa shape index (κ3) is 15.4. The molecule has 19 aromatic carbocycles. The molecule has 1 aliphatic heterocycles. The summed E-state index contributed by atoms with van der Waals surface area (Å²) in [5.41, 5.74) is 35.9. The van der Waals surface area contributed by atoms with Crippen LogP contribution in [0.4, 0.5) is 17.1 Å². The average molecular weight is 1830 g/mol. The van der Waals surface area contributed by atoms with Gasteiger partial charge in [0.25, 0.3) is 0 Å². The van der Waals surface area contributed by atoms with E-state index in [9.17, 15) is 0 Å². The molecule has 0 spiro atoms. The SMILES string of the molecule is CC1(C)c2ccccc2-c2cc3c(cc21)-c1ccc(-c2nc(-c4ccccc4)nnc2-c2ccccc2)cc1C3(C)C.c1ccc(-c2ccc3c(c2)Oc2ccccc2N3c2cccc(-c3cccc(-c4nc(-c5ccccc5)nc(-c5ccccc5)n4)c3)c2)cc1.c1ccc(-c2nc(-c3ccccc3)nc(-c3ccc(-c4cccc5c4c4ccc6oc7ccccc7c6c4n5-c4ccccc4)cc3)n2)cc1. The summed E-state index contributed by atoms with van der Waals surface area (Å²) in [6.45, 7) is 9.41. The predicted octanol–water partition coefficient (Wildman–Crippen LogP) is 32.8. The van der Waals surface area contributed by atoms with E-state index in [1.807, 2.05) is 206 Å². The summed E-state index contributed by atoms with van der Waals surface area (Å²) in [6.07, 6.45) is 0. The quantitative estimate of drug-likeness (QED) is 0.102. The Balaban J connectivity index is 0.000000112. The molecule has 27 rings (SSSR count). The van der Waals surface area contributed by atoms with E-state index in [1.165, 1.54) is 55.3 Å². The van der Waals surface area contributed by atoms with Gasteiger partial charge in [0, 0.05) is 88.4 Å². The van der Waals surface area contributed by atoms with Crippen molar-refractivity contribution < 1.29 is 9.15 Å². The van der Waals surface area contributed by atoms with Crippen LogP contribution in [-0.2, 0) is 10.8 Å². The van der Waals surface area contributed by atoms with E-state index < -0.39 is 0 Å². The van der Waals surface area contributed by atoms with Crippen LogP contribution in [0.1, 0.15) is 49.9 Å². The van der Waals surface area contributed by atoms with Crippen LogP contribution in [0.2, 0.25) is 0 Å². The third-order valence-electron chi connectivity index (χ3n) is 27.8. The summed E-state index contributed by atoms with van der Waals surface area (Å²) in [5, 5.41) is 13.9. The molecule has 3 aliphatic rings. The van der Waals surface area contributed by atoms with E-state index >= 15 is 0 Å². The van der Waals surface area contributed by atoms with Crippen LogP contribution in [0.5, 0.6) is 11.5 Å². The van der Waals surface area contributed by atoms with Crippen LogP contribution in [0.3, 0.4) is 0 Å². The number of fused-ring (bicyclic) bond motifs is 15. The average Bonchev–Trinajstić information content (AvgIpc) is 1.54. The number of benzene rings is 19. The molecule has 142 heavy (non-hydrogen) atoms. The molecule has 2 aliphatic carbocycles. The fraction of sp³-hybridized carbons (Fsp3) is 0.0465. The minimum Gasteiger partial charge on any atom is -0.456 e. The molecule has 13 heteroatoms. The number of rotatable bonds is 14. The van der Waals surface area contributed by atoms with E-state index in [0.717, 1.165) is 162 Å². The Morgan fingerprint density at radius 1 is 0.218 bits per heavy atom. The minimum atomic E-state index is -0.160. The van der Waals surface area contributed by atoms with Crippen LogP contribution >= 0.6 is 0 Å². The maximum Gasteiger partial charge on any atom is 0.182 e. The molecule has 0 amide bonds. The standard InChI is InChI=1S/C45H28N4O.C45H30N4O.C39H31N3/c1-4-13-30(14-5-1)43-46-44(31-15-6-2-7-16-31)48-45(47-43)32-25-23-29(24-26-32)34-20-12-21-37-40(34)36-27-28-39-41(35-19-10-11-22-38(35)50-39)42(36)49(37)33-17-8-3-9-18-33;1-4-14-31(15-5-1)36-26-27-40-42(30-36)50-41-25-11-10-24-39(41)49(40)38-23-13-21-35(29-38)34-20-12-22-37(28-34)45-47-43(32-16-6-2-7-17-32)46-44(48-45)33-18-8-3-9-19-33;1-38(2)31-18-12-11-17-27(31)29-22-34-30(23-33(29)38)28-20-19-26(21-32(28)39(34,3)4)35-36(24-13-7-5-8-14-24)41-42-37(40-35)25-15-9-6-10-16-25/h1-28H;1-30H;5-23H,1-4H3. The lowest BCUT2D eigenvalue weighted by molar-refractivity contribution is 0.477. The van der Waals surface area contributed by atoms with Gasteiger partial charge in [-0.25, -0.2) is 34.9 Å². The van der Waals surface area contributed by atoms with Crippen LogP contribution < -0.4 is 9.64 Å². The summed E-state index contributed by atoms with van der Waals surface area (Å²) in [7, 11) is 0. The maximum atomic E-state index is 6.49. The molecule has 0 unspecified atom stereocenters. The fourth-order valence-electron chi connectivity index (χ4n) is 20.7. The summed E-state index contributed by atoms with van der Waals surface area (Å²) in [5.74, 6) is 6.10. The topological polar surface area (TPSA) is 147 Å². The first-order valence-electron chi connectivity index (χ1n) is 48.0. The Hall–Kier alpha value is -18.6. The zero-order chi connectivity index (χ0) is 94.9. The van der Waals surface area contributed by atoms with Gasteiger partial charge in [-0.3, -0.25) is 0 Å². The van der Waals surface area contributed by atoms with E-state index in [-0.39, 0.29) is 10.8 Å². The molecule has 24 aromatic rings. The zero-order valence-electron chi connectivity index (χ0n) is 78.2. The molecule has 0 saturated carbocycles. The van der Waals surface area contributed by atoms with Crippen molar-refractivity contribution in [3.8, 4) is 175 Å². The van der Waals surface area contributed by atoms with Crippen molar-refractivity contribution >= 4 is 60.8 Å². The Labute approximate surface area is 821 Å². The van der Waals surface area contributed by atoms with Crippen molar-refractivity contribution in [2.75, 3.05) is 4.90 Å². The van der Waals surface area contributed by atoms with Crippen molar-refractivity contribution in [1.82, 2.24) is 49.7 Å².